The molecule has 18 aromatic rings. The molecule has 6 aromatic heterocycles. The number of hydrogen-bond acceptors (Lipinski definition) is 3. The van der Waals surface area contributed by atoms with Crippen molar-refractivity contribution in [2.24, 2.45) is 0 Å². The van der Waals surface area contributed by atoms with E-state index in [4.69, 9.17) is 0 Å². The molecule has 0 N–H and O–H groups in total. The zero-order chi connectivity index (χ0) is 64.3. The van der Waals surface area contributed by atoms with Crippen LogP contribution in [0.3, 0.4) is 0 Å². The van der Waals surface area contributed by atoms with Gasteiger partial charge in [0.15, 0.2) is 0 Å². The van der Waals surface area contributed by atoms with E-state index < -0.39 is 0 Å². The van der Waals surface area contributed by atoms with Gasteiger partial charge >= 0.3 is 0 Å². The Labute approximate surface area is 556 Å². The molecule has 0 spiro atoms. The van der Waals surface area contributed by atoms with Gasteiger partial charge in [0, 0.05) is 125 Å². The Hall–Kier alpha value is -11.7. The first-order chi connectivity index (χ1) is 46.9. The fourth-order valence-electron chi connectivity index (χ4n) is 17.3. The summed E-state index contributed by atoms with van der Waals surface area (Å²) in [7, 11) is 0. The van der Waals surface area contributed by atoms with Crippen molar-refractivity contribution in [3.8, 4) is 50.4 Å². The number of hydrogen-bond donors (Lipinski definition) is 0. The van der Waals surface area contributed by atoms with Gasteiger partial charge in [-0.3, -0.25) is 15.0 Å². The van der Waals surface area contributed by atoms with Crippen molar-refractivity contribution in [2.75, 3.05) is 0 Å². The number of para-hydroxylation sites is 3. The number of fused-ring (bicyclic) bond motifs is 24. The largest absolute Gasteiger partial charge is 0.309 e. The predicted molar refractivity (Wildman–Crippen MR) is 401 cm³/mol. The summed E-state index contributed by atoms with van der Waals surface area (Å²) in [6.45, 7) is 14.1. The zero-order valence-electron chi connectivity index (χ0n) is 54.4. The van der Waals surface area contributed by atoms with Gasteiger partial charge in [-0.15, -0.1) is 0 Å². The Balaban J connectivity index is 0.000000102. The summed E-state index contributed by atoms with van der Waals surface area (Å²) < 4.78 is 7.30. The molecule has 21 rings (SSSR count). The molecule has 0 atom stereocenters. The molecule has 96 heavy (non-hydrogen) atoms. The minimum atomic E-state index is -0.0462. The second-order valence-corrected chi connectivity index (χ2v) is 27.9. The van der Waals surface area contributed by atoms with Crippen LogP contribution in [0.5, 0.6) is 0 Å². The number of rotatable bonds is 3. The summed E-state index contributed by atoms with van der Waals surface area (Å²) in [6, 6.07) is 93.3. The molecule has 0 amide bonds. The third-order valence-electron chi connectivity index (χ3n) is 21.8. The highest BCUT2D eigenvalue weighted by Crippen LogP contribution is 2.56. The highest BCUT2D eigenvalue weighted by molar-refractivity contribution is 6.19. The molecular formula is C90H66N6. The first kappa shape index (κ1) is 55.9. The van der Waals surface area contributed by atoms with Crippen LogP contribution in [0.4, 0.5) is 0 Å². The van der Waals surface area contributed by atoms with Crippen molar-refractivity contribution in [2.45, 2.75) is 57.8 Å². The average Bonchev–Trinajstić information content (AvgIpc) is 1.56. The first-order valence-electron chi connectivity index (χ1n) is 33.5. The Morgan fingerprint density at radius 3 is 1.22 bits per heavy atom. The van der Waals surface area contributed by atoms with Crippen molar-refractivity contribution in [3.05, 3.63) is 325 Å². The number of benzene rings is 12. The molecule has 6 heteroatoms. The average molecular weight is 1230 g/mol. The van der Waals surface area contributed by atoms with Gasteiger partial charge in [0.1, 0.15) is 0 Å². The third kappa shape index (κ3) is 7.96. The van der Waals surface area contributed by atoms with Gasteiger partial charge in [-0.25, -0.2) is 0 Å². The molecule has 0 fully saturated rings. The molecule has 12 aromatic carbocycles. The van der Waals surface area contributed by atoms with Gasteiger partial charge in [-0.1, -0.05) is 211 Å². The maximum Gasteiger partial charge on any atom is 0.0622 e. The monoisotopic (exact) mass is 1230 g/mol. The molecule has 3 aliphatic rings. The van der Waals surface area contributed by atoms with Crippen molar-refractivity contribution in [1.82, 2.24) is 28.7 Å². The second-order valence-electron chi connectivity index (χ2n) is 27.9. The molecule has 0 saturated carbocycles. The fraction of sp³-hybridized carbons (Fsp3) is 0.100. The Kier molecular flexibility index (Phi) is 12.0. The zero-order valence-corrected chi connectivity index (χ0v) is 54.4. The lowest BCUT2D eigenvalue weighted by Gasteiger charge is -2.22. The highest BCUT2D eigenvalue weighted by atomic mass is 15.0. The van der Waals surface area contributed by atoms with Crippen LogP contribution in [0.15, 0.2) is 292 Å². The lowest BCUT2D eigenvalue weighted by molar-refractivity contribution is 0.660. The lowest BCUT2D eigenvalue weighted by atomic mass is 9.80. The van der Waals surface area contributed by atoms with E-state index in [1.807, 2.05) is 37.2 Å². The second kappa shape index (κ2) is 20.6. The predicted octanol–water partition coefficient (Wildman–Crippen LogP) is 22.9. The van der Waals surface area contributed by atoms with Gasteiger partial charge < -0.3 is 13.7 Å². The van der Waals surface area contributed by atoms with Gasteiger partial charge in [0.25, 0.3) is 0 Å². The van der Waals surface area contributed by atoms with Crippen LogP contribution >= 0.6 is 0 Å². The SMILES string of the molecule is CC1(C)c2ccccc2-c2c1ccc1c2c2ccccc2n1-c1ccc2cnccc2c1.CC1(C)c2ccccc2-c2c1ccc1c3ccccc3n(-c3ccc4cnccc4c3)c21.CC1(C)c2ccccc2-c2ccc3c(c21)c1ccccc1n3-c1ccc2cnccc2c1. The smallest absolute Gasteiger partial charge is 0.0622 e. The quantitative estimate of drug-likeness (QED) is 0.177. The first-order valence-corrected chi connectivity index (χ1v) is 33.5. The topological polar surface area (TPSA) is 53.5 Å². The minimum Gasteiger partial charge on any atom is -0.309 e. The fourth-order valence-corrected chi connectivity index (χ4v) is 17.3. The molecule has 6 nitrogen and oxygen atoms in total. The van der Waals surface area contributed by atoms with E-state index in [0.29, 0.717) is 0 Å². The summed E-state index contributed by atoms with van der Waals surface area (Å²) in [6.07, 6.45) is 11.4. The maximum absolute atomic E-state index is 4.29. The van der Waals surface area contributed by atoms with Gasteiger partial charge in [-0.05, 0) is 162 Å². The lowest BCUT2D eigenvalue weighted by Crippen LogP contribution is -2.15. The van der Waals surface area contributed by atoms with Crippen molar-refractivity contribution >= 4 is 97.7 Å². The van der Waals surface area contributed by atoms with E-state index in [0.717, 1.165) is 16.2 Å². The highest BCUT2D eigenvalue weighted by Gasteiger charge is 2.41. The van der Waals surface area contributed by atoms with Gasteiger partial charge in [-0.2, -0.15) is 0 Å². The standard InChI is InChI=1S/3C30H22N2/c1-30(2)25-9-5-3-8-24(25)28-26(30)14-13-23-22-7-4-6-10-27(22)32(29(23)28)21-12-11-20-18-31-16-15-19(20)17-21;1-30(2)25-9-5-3-7-22(25)23-13-14-27-28(29(23)30)24-8-4-6-10-26(24)32(27)21-12-11-20-18-31-16-15-19(20)17-21;1-30(2)24-9-5-3-7-22(24)28-25(30)13-14-27-29(28)23-8-4-6-10-26(23)32(27)21-12-11-20-18-31-16-15-19(20)17-21/h3*3-18H,1-2H3. The maximum atomic E-state index is 4.29. The normalized spacial score (nSPS) is 14.2. The Bertz CT molecular complexity index is 6320. The van der Waals surface area contributed by atoms with E-state index in [1.165, 1.54) is 165 Å². The molecule has 0 aliphatic heterocycles. The summed E-state index contributed by atoms with van der Waals surface area (Å²) >= 11 is 0. The molecule has 0 bridgehead atoms. The van der Waals surface area contributed by atoms with Crippen LogP contribution < -0.4 is 0 Å². The van der Waals surface area contributed by atoms with E-state index in [9.17, 15) is 0 Å². The van der Waals surface area contributed by atoms with Gasteiger partial charge in [0.2, 0.25) is 0 Å². The number of pyridine rings is 3. The van der Waals surface area contributed by atoms with Crippen molar-refractivity contribution in [1.29, 1.82) is 0 Å². The molecule has 3 aliphatic carbocycles. The summed E-state index contributed by atoms with van der Waals surface area (Å²) in [5, 5.41) is 15.0. The number of nitrogens with zero attached hydrogens (tertiary/aromatic N) is 6. The van der Waals surface area contributed by atoms with Crippen molar-refractivity contribution in [3.63, 3.8) is 0 Å². The van der Waals surface area contributed by atoms with Crippen LogP contribution in [-0.4, -0.2) is 28.7 Å². The Morgan fingerprint density at radius 2 is 0.667 bits per heavy atom. The van der Waals surface area contributed by atoms with Crippen LogP contribution in [0.1, 0.15) is 74.9 Å². The van der Waals surface area contributed by atoms with Crippen LogP contribution in [0.25, 0.3) is 148 Å². The van der Waals surface area contributed by atoms with Gasteiger partial charge in [0.05, 0.1) is 33.1 Å². The van der Waals surface area contributed by atoms with E-state index in [-0.39, 0.29) is 16.2 Å². The molecule has 6 heterocycles. The minimum absolute atomic E-state index is 0.000725. The summed E-state index contributed by atoms with van der Waals surface area (Å²) in [4.78, 5) is 12.8. The Morgan fingerprint density at radius 1 is 0.260 bits per heavy atom. The number of aromatic nitrogens is 6. The molecule has 456 valence electrons. The summed E-state index contributed by atoms with van der Waals surface area (Å²) in [5.41, 5.74) is 27.7. The van der Waals surface area contributed by atoms with E-state index in [2.05, 4.69) is 325 Å². The molecule has 0 saturated heterocycles. The molecule has 0 radical (unpaired) electrons. The molecular weight excluding hydrogens is 1170 g/mol. The molecule has 0 unspecified atom stereocenters. The summed E-state index contributed by atoms with van der Waals surface area (Å²) in [5.74, 6) is 0. The van der Waals surface area contributed by atoms with Crippen LogP contribution in [0.2, 0.25) is 0 Å². The van der Waals surface area contributed by atoms with Crippen molar-refractivity contribution < 1.29 is 0 Å². The van der Waals surface area contributed by atoms with E-state index >= 15 is 0 Å². The van der Waals surface area contributed by atoms with Crippen LogP contribution in [0, 0.1) is 0 Å². The third-order valence-corrected chi connectivity index (χ3v) is 21.8. The van der Waals surface area contributed by atoms with E-state index in [1.54, 1.807) is 0 Å². The van der Waals surface area contributed by atoms with Crippen LogP contribution in [-0.2, 0) is 16.2 Å².